The number of nitro benzene ring substituents is 1. The fourth-order valence-corrected chi connectivity index (χ4v) is 2.48. The highest BCUT2D eigenvalue weighted by atomic mass is 35.5. The minimum atomic E-state index is -0.544. The quantitative estimate of drug-likeness (QED) is 0.373. The number of nitrogens with one attached hydrogen (secondary N) is 2. The molecule has 0 unspecified atom stereocenters. The molecule has 3 rings (SSSR count). The third-order valence-electron chi connectivity index (χ3n) is 3.77. The summed E-state index contributed by atoms with van der Waals surface area (Å²) in [5.74, 6) is 0.191. The number of carbonyl (C=O) groups excluding carboxylic acids is 1. The number of halogens is 1. The van der Waals surface area contributed by atoms with E-state index in [4.69, 9.17) is 16.3 Å². The first-order valence-electron chi connectivity index (χ1n) is 7.95. The number of ether oxygens (including phenoxy) is 1. The van der Waals surface area contributed by atoms with E-state index in [1.807, 2.05) is 12.1 Å². The lowest BCUT2D eigenvalue weighted by Gasteiger charge is -2.00. The van der Waals surface area contributed by atoms with Gasteiger partial charge in [-0.15, -0.1) is 0 Å². The van der Waals surface area contributed by atoms with Crippen molar-refractivity contribution >= 4 is 29.4 Å². The molecule has 142 valence electrons. The highest BCUT2D eigenvalue weighted by molar-refractivity contribution is 6.33. The van der Waals surface area contributed by atoms with Gasteiger partial charge >= 0.3 is 0 Å². The summed E-state index contributed by atoms with van der Waals surface area (Å²) in [5, 5.41) is 21.6. The van der Waals surface area contributed by atoms with E-state index in [1.54, 1.807) is 25.3 Å². The van der Waals surface area contributed by atoms with E-state index >= 15 is 0 Å². The van der Waals surface area contributed by atoms with Crippen molar-refractivity contribution in [3.8, 4) is 17.0 Å². The molecule has 0 saturated heterocycles. The number of carbonyl (C=O) groups is 1. The van der Waals surface area contributed by atoms with Crippen LogP contribution in [0.25, 0.3) is 11.3 Å². The van der Waals surface area contributed by atoms with Crippen LogP contribution in [0.15, 0.2) is 53.6 Å². The standard InChI is InChI=1S/C18H14ClN5O4/c1-28-14-5-2-11(3-6-14)16-9-17(22-21-16)18(25)23-20-10-12-8-13(24(26)27)4-7-15(12)19/h2-10H,1H3,(H,21,22)(H,23,25)/b20-10-. The highest BCUT2D eigenvalue weighted by Crippen LogP contribution is 2.22. The average Bonchev–Trinajstić information content (AvgIpc) is 3.19. The molecule has 0 bridgehead atoms. The van der Waals surface area contributed by atoms with Gasteiger partial charge in [-0.1, -0.05) is 11.6 Å². The van der Waals surface area contributed by atoms with Gasteiger partial charge in [0.25, 0.3) is 11.6 Å². The molecule has 0 saturated carbocycles. The second-order valence-corrected chi connectivity index (χ2v) is 5.96. The van der Waals surface area contributed by atoms with Crippen LogP contribution in [0.4, 0.5) is 5.69 Å². The van der Waals surface area contributed by atoms with E-state index in [2.05, 4.69) is 20.7 Å². The predicted molar refractivity (Wildman–Crippen MR) is 104 cm³/mol. The van der Waals surface area contributed by atoms with Gasteiger partial charge in [-0.2, -0.15) is 10.2 Å². The van der Waals surface area contributed by atoms with Crippen LogP contribution in [-0.2, 0) is 0 Å². The Morgan fingerprint density at radius 2 is 2.04 bits per heavy atom. The lowest BCUT2D eigenvalue weighted by atomic mass is 10.1. The third kappa shape index (κ3) is 4.33. The number of aromatic amines is 1. The normalized spacial score (nSPS) is 10.8. The number of aromatic nitrogens is 2. The van der Waals surface area contributed by atoms with E-state index in [0.717, 1.165) is 5.56 Å². The number of nitro groups is 1. The number of hydrazone groups is 1. The van der Waals surface area contributed by atoms with E-state index in [0.29, 0.717) is 17.0 Å². The molecule has 0 aliphatic rings. The van der Waals surface area contributed by atoms with Crippen LogP contribution >= 0.6 is 11.6 Å². The Hall–Kier alpha value is -3.72. The number of hydrogen-bond acceptors (Lipinski definition) is 6. The zero-order valence-corrected chi connectivity index (χ0v) is 15.3. The van der Waals surface area contributed by atoms with E-state index < -0.39 is 10.8 Å². The molecule has 0 spiro atoms. The van der Waals surface area contributed by atoms with Crippen LogP contribution < -0.4 is 10.2 Å². The van der Waals surface area contributed by atoms with E-state index in [9.17, 15) is 14.9 Å². The second-order valence-electron chi connectivity index (χ2n) is 5.56. The number of benzene rings is 2. The van der Waals surface area contributed by atoms with Crippen LogP contribution in [-0.4, -0.2) is 34.4 Å². The van der Waals surface area contributed by atoms with Gasteiger partial charge in [0.15, 0.2) is 0 Å². The maximum atomic E-state index is 12.2. The molecule has 0 atom stereocenters. The Balaban J connectivity index is 1.68. The molecule has 0 radical (unpaired) electrons. The van der Waals surface area contributed by atoms with Gasteiger partial charge in [0.2, 0.25) is 0 Å². The number of methoxy groups -OCH3 is 1. The number of nitrogens with zero attached hydrogens (tertiary/aromatic N) is 3. The van der Waals surface area contributed by atoms with Gasteiger partial charge in [-0.25, -0.2) is 5.43 Å². The van der Waals surface area contributed by atoms with Crippen molar-refractivity contribution in [3.63, 3.8) is 0 Å². The van der Waals surface area contributed by atoms with Crippen LogP contribution in [0.3, 0.4) is 0 Å². The van der Waals surface area contributed by atoms with Crippen LogP contribution in [0.2, 0.25) is 5.02 Å². The second kappa shape index (κ2) is 8.31. The van der Waals surface area contributed by atoms with Crippen LogP contribution in [0, 0.1) is 10.1 Å². The number of amides is 1. The van der Waals surface area contributed by atoms with Gasteiger partial charge in [0, 0.05) is 28.3 Å². The summed E-state index contributed by atoms with van der Waals surface area (Å²) in [6.45, 7) is 0. The lowest BCUT2D eigenvalue weighted by molar-refractivity contribution is -0.384. The number of hydrogen-bond donors (Lipinski definition) is 2. The fourth-order valence-electron chi connectivity index (χ4n) is 2.31. The summed E-state index contributed by atoms with van der Waals surface area (Å²) < 4.78 is 5.10. The Labute approximate surface area is 164 Å². The molecular weight excluding hydrogens is 386 g/mol. The summed E-state index contributed by atoms with van der Waals surface area (Å²) in [6.07, 6.45) is 1.23. The molecule has 2 aromatic carbocycles. The molecule has 0 aliphatic carbocycles. The summed E-state index contributed by atoms with van der Waals surface area (Å²) in [4.78, 5) is 22.5. The van der Waals surface area contributed by atoms with Crippen LogP contribution in [0.5, 0.6) is 5.75 Å². The first kappa shape index (κ1) is 19.1. The summed E-state index contributed by atoms with van der Waals surface area (Å²) in [7, 11) is 1.58. The SMILES string of the molecule is COc1ccc(-c2cc(C(=O)N/N=C\c3cc([N+](=O)[O-])ccc3Cl)[nH]n2)cc1. The molecule has 28 heavy (non-hydrogen) atoms. The fraction of sp³-hybridized carbons (Fsp3) is 0.0556. The largest absolute Gasteiger partial charge is 0.497 e. The minimum Gasteiger partial charge on any atom is -0.497 e. The van der Waals surface area contributed by atoms with E-state index in [1.165, 1.54) is 24.4 Å². The Bertz CT molecular complexity index is 1050. The molecule has 0 fully saturated rings. The zero-order valence-electron chi connectivity index (χ0n) is 14.5. The molecule has 2 N–H and O–H groups in total. The van der Waals surface area contributed by atoms with Gasteiger partial charge in [0.1, 0.15) is 11.4 Å². The minimum absolute atomic E-state index is 0.130. The monoisotopic (exact) mass is 399 g/mol. The molecule has 10 heteroatoms. The number of non-ortho nitro benzene ring substituents is 1. The molecular formula is C18H14ClN5O4. The predicted octanol–water partition coefficient (Wildman–Crippen LogP) is 3.41. The summed E-state index contributed by atoms with van der Waals surface area (Å²) in [5.41, 5.74) is 4.08. The molecule has 9 nitrogen and oxygen atoms in total. The average molecular weight is 400 g/mol. The highest BCUT2D eigenvalue weighted by Gasteiger charge is 2.11. The zero-order chi connectivity index (χ0) is 20.1. The van der Waals surface area contributed by atoms with Gasteiger partial charge in [-0.3, -0.25) is 20.0 Å². The maximum absolute atomic E-state index is 12.2. The molecule has 3 aromatic rings. The van der Waals surface area contributed by atoms with Crippen molar-refractivity contribution in [2.75, 3.05) is 7.11 Å². The van der Waals surface area contributed by atoms with Crippen molar-refractivity contribution in [2.45, 2.75) is 0 Å². The molecule has 1 amide bonds. The number of rotatable bonds is 6. The van der Waals surface area contributed by atoms with Gasteiger partial charge < -0.3 is 4.74 Å². The first-order chi connectivity index (χ1) is 13.5. The third-order valence-corrected chi connectivity index (χ3v) is 4.11. The Morgan fingerprint density at radius 3 is 2.71 bits per heavy atom. The first-order valence-corrected chi connectivity index (χ1v) is 8.33. The number of H-pyrrole nitrogens is 1. The summed E-state index contributed by atoms with van der Waals surface area (Å²) >= 11 is 5.97. The van der Waals surface area contributed by atoms with Crippen molar-refractivity contribution in [2.24, 2.45) is 5.10 Å². The maximum Gasteiger partial charge on any atom is 0.289 e. The van der Waals surface area contributed by atoms with Crippen molar-refractivity contribution in [1.29, 1.82) is 0 Å². The topological polar surface area (TPSA) is 123 Å². The Kier molecular flexibility index (Phi) is 5.66. The Morgan fingerprint density at radius 1 is 1.29 bits per heavy atom. The lowest BCUT2D eigenvalue weighted by Crippen LogP contribution is -2.18. The van der Waals surface area contributed by atoms with Gasteiger partial charge in [-0.05, 0) is 36.4 Å². The van der Waals surface area contributed by atoms with Gasteiger partial charge in [0.05, 0.1) is 23.9 Å². The van der Waals surface area contributed by atoms with Crippen LogP contribution in [0.1, 0.15) is 16.1 Å². The molecule has 1 aromatic heterocycles. The van der Waals surface area contributed by atoms with Crippen molar-refractivity contribution < 1.29 is 14.5 Å². The molecule has 0 aliphatic heterocycles. The summed E-state index contributed by atoms with van der Waals surface area (Å²) in [6, 6.07) is 12.7. The molecule has 1 heterocycles. The van der Waals surface area contributed by atoms with Crippen molar-refractivity contribution in [1.82, 2.24) is 15.6 Å². The van der Waals surface area contributed by atoms with Crippen molar-refractivity contribution in [3.05, 3.63) is 74.9 Å². The smallest absolute Gasteiger partial charge is 0.289 e. The van der Waals surface area contributed by atoms with E-state index in [-0.39, 0.29) is 16.4 Å².